The number of epoxide rings is 1. The molecular weight excluding hydrogens is 711 g/mol. The van der Waals surface area contributed by atoms with Crippen molar-refractivity contribution in [1.29, 1.82) is 0 Å². The minimum absolute atomic E-state index is 0.161. The van der Waals surface area contributed by atoms with Gasteiger partial charge in [0.25, 0.3) is 0 Å². The number of carbonyl (C=O) groups is 2. The van der Waals surface area contributed by atoms with Crippen LogP contribution in [0.3, 0.4) is 0 Å². The SMILES string of the molecule is CCCCC/C=C\CC1OC1C/C=C\C/C=C\CCCC(=O)OC[C@H](COP(=O)(O)OC[C@@H](O)CO)OC(=O)CCCCCCCCCCCCCCC. The fourth-order valence-corrected chi connectivity index (χ4v) is 6.58. The Kier molecular flexibility index (Phi) is 32.0. The fourth-order valence-electron chi connectivity index (χ4n) is 5.79. The van der Waals surface area contributed by atoms with Gasteiger partial charge in [-0.2, -0.15) is 0 Å². The number of hydrogen-bond donors (Lipinski definition) is 3. The smallest absolute Gasteiger partial charge is 0.462 e. The van der Waals surface area contributed by atoms with Crippen molar-refractivity contribution >= 4 is 19.8 Å². The van der Waals surface area contributed by atoms with E-state index in [0.29, 0.717) is 31.5 Å². The molecule has 1 heterocycles. The lowest BCUT2D eigenvalue weighted by Gasteiger charge is -2.20. The van der Waals surface area contributed by atoms with Crippen molar-refractivity contribution in [2.24, 2.45) is 0 Å². The molecule has 11 nitrogen and oxygen atoms in total. The molecule has 0 spiro atoms. The number of unbranched alkanes of at least 4 members (excludes halogenated alkanes) is 16. The Bertz CT molecular complexity index is 1060. The standard InChI is InChI=1S/C42H75O11P/c1-3-5-7-9-11-12-13-14-15-16-19-24-28-32-42(46)52-38(36-51-54(47,48)50-34-37(44)33-43)35-49-41(45)31-27-23-20-17-18-22-26-30-40-39(53-40)29-25-21-10-8-6-4-2/h17,20-22,25-26,37-40,43-44H,3-16,18-19,23-24,27-36H2,1-2H3,(H,47,48)/b20-17-,25-21-,26-22-/t37-,38+,39?,40?/m0/s1. The van der Waals surface area contributed by atoms with Crippen LogP contribution >= 0.6 is 7.82 Å². The van der Waals surface area contributed by atoms with Gasteiger partial charge < -0.3 is 29.3 Å². The zero-order valence-electron chi connectivity index (χ0n) is 33.6. The number of aliphatic hydroxyl groups is 2. The maximum absolute atomic E-state index is 12.6. The summed E-state index contributed by atoms with van der Waals surface area (Å²) >= 11 is 0. The van der Waals surface area contributed by atoms with E-state index < -0.39 is 51.8 Å². The van der Waals surface area contributed by atoms with E-state index in [0.717, 1.165) is 44.9 Å². The summed E-state index contributed by atoms with van der Waals surface area (Å²) in [6.07, 6.45) is 35.7. The lowest BCUT2D eigenvalue weighted by Crippen LogP contribution is -2.29. The summed E-state index contributed by atoms with van der Waals surface area (Å²) in [4.78, 5) is 34.9. The number of hydrogen-bond acceptors (Lipinski definition) is 10. The molecule has 0 aliphatic carbocycles. The van der Waals surface area contributed by atoms with Gasteiger partial charge >= 0.3 is 19.8 Å². The molecule has 1 fully saturated rings. The number of carbonyl (C=O) groups excluding carboxylic acids is 2. The molecule has 1 saturated heterocycles. The van der Waals surface area contributed by atoms with Crippen LogP contribution in [-0.2, 0) is 37.4 Å². The Hall–Kier alpha value is -1.85. The van der Waals surface area contributed by atoms with Crippen LogP contribution in [0, 0.1) is 0 Å². The fraction of sp³-hybridized carbons (Fsp3) is 0.810. The Balaban J connectivity index is 2.30. The van der Waals surface area contributed by atoms with E-state index in [1.54, 1.807) is 0 Å². The second-order valence-electron chi connectivity index (χ2n) is 14.4. The molecule has 1 rings (SSSR count). The van der Waals surface area contributed by atoms with Crippen LogP contribution in [0.1, 0.15) is 168 Å². The molecule has 3 N–H and O–H groups in total. The van der Waals surface area contributed by atoms with Crippen molar-refractivity contribution < 1.29 is 52.5 Å². The maximum atomic E-state index is 12.6. The van der Waals surface area contributed by atoms with E-state index in [-0.39, 0.29) is 19.4 Å². The molecule has 0 aromatic heterocycles. The Morgan fingerprint density at radius 2 is 1.15 bits per heavy atom. The van der Waals surface area contributed by atoms with E-state index in [9.17, 15) is 24.2 Å². The van der Waals surface area contributed by atoms with Crippen molar-refractivity contribution in [3.63, 3.8) is 0 Å². The first-order valence-corrected chi connectivity index (χ1v) is 22.6. The molecule has 5 atom stereocenters. The molecule has 0 aromatic rings. The maximum Gasteiger partial charge on any atom is 0.472 e. The number of esters is 2. The third kappa shape index (κ3) is 31.4. The van der Waals surface area contributed by atoms with Gasteiger partial charge in [-0.15, -0.1) is 0 Å². The zero-order chi connectivity index (χ0) is 39.5. The minimum Gasteiger partial charge on any atom is -0.462 e. The Labute approximate surface area is 326 Å². The Morgan fingerprint density at radius 3 is 1.78 bits per heavy atom. The molecule has 0 saturated carbocycles. The van der Waals surface area contributed by atoms with Crippen LogP contribution in [0.15, 0.2) is 36.5 Å². The number of ether oxygens (including phenoxy) is 3. The van der Waals surface area contributed by atoms with Gasteiger partial charge in [-0.1, -0.05) is 140 Å². The van der Waals surface area contributed by atoms with E-state index in [4.69, 9.17) is 23.8 Å². The molecule has 0 radical (unpaired) electrons. The summed E-state index contributed by atoms with van der Waals surface area (Å²) < 4.78 is 38.4. The van der Waals surface area contributed by atoms with Crippen LogP contribution in [0.2, 0.25) is 0 Å². The number of phosphoric acid groups is 1. The number of phosphoric ester groups is 1. The first kappa shape index (κ1) is 50.2. The van der Waals surface area contributed by atoms with Gasteiger partial charge in [-0.3, -0.25) is 18.6 Å². The van der Waals surface area contributed by atoms with Gasteiger partial charge in [-0.05, 0) is 51.4 Å². The molecule has 54 heavy (non-hydrogen) atoms. The first-order chi connectivity index (χ1) is 26.2. The van der Waals surface area contributed by atoms with Gasteiger partial charge in [0.2, 0.25) is 0 Å². The largest absolute Gasteiger partial charge is 0.472 e. The van der Waals surface area contributed by atoms with E-state index >= 15 is 0 Å². The number of allylic oxidation sites excluding steroid dienone is 4. The molecule has 314 valence electrons. The molecule has 0 amide bonds. The second-order valence-corrected chi connectivity index (χ2v) is 15.9. The van der Waals surface area contributed by atoms with Crippen LogP contribution in [0.25, 0.3) is 0 Å². The van der Waals surface area contributed by atoms with Crippen LogP contribution < -0.4 is 0 Å². The van der Waals surface area contributed by atoms with E-state index in [1.165, 1.54) is 77.0 Å². The average Bonchev–Trinajstić information content (AvgIpc) is 3.92. The Morgan fingerprint density at radius 1 is 0.648 bits per heavy atom. The second kappa shape index (κ2) is 34.4. The van der Waals surface area contributed by atoms with E-state index in [2.05, 4.69) is 48.8 Å². The normalized spacial score (nSPS) is 18.0. The third-order valence-corrected chi connectivity index (χ3v) is 10.2. The minimum atomic E-state index is -4.63. The summed E-state index contributed by atoms with van der Waals surface area (Å²) in [5.41, 5.74) is 0. The van der Waals surface area contributed by atoms with Gasteiger partial charge in [0.1, 0.15) is 12.7 Å². The predicted octanol–water partition coefficient (Wildman–Crippen LogP) is 9.77. The molecule has 12 heteroatoms. The molecule has 0 bridgehead atoms. The molecule has 0 aromatic carbocycles. The highest BCUT2D eigenvalue weighted by molar-refractivity contribution is 7.47. The first-order valence-electron chi connectivity index (χ1n) is 21.1. The summed E-state index contributed by atoms with van der Waals surface area (Å²) in [5, 5.41) is 18.3. The molecule has 1 aliphatic rings. The van der Waals surface area contributed by atoms with Gasteiger partial charge in [-0.25, -0.2) is 4.57 Å². The van der Waals surface area contributed by atoms with Crippen molar-refractivity contribution in [3.05, 3.63) is 36.5 Å². The highest BCUT2D eigenvalue weighted by atomic mass is 31.2. The topological polar surface area (TPSA) is 161 Å². The van der Waals surface area contributed by atoms with Crippen molar-refractivity contribution in [2.45, 2.75) is 192 Å². The third-order valence-electron chi connectivity index (χ3n) is 9.20. The van der Waals surface area contributed by atoms with Crippen LogP contribution in [-0.4, -0.2) is 77.9 Å². The summed E-state index contributed by atoms with van der Waals surface area (Å²) in [6, 6.07) is 0. The van der Waals surface area contributed by atoms with Crippen molar-refractivity contribution in [1.82, 2.24) is 0 Å². The molecule has 3 unspecified atom stereocenters. The molecular formula is C42H75O11P. The zero-order valence-corrected chi connectivity index (χ0v) is 34.5. The lowest BCUT2D eigenvalue weighted by molar-refractivity contribution is -0.161. The van der Waals surface area contributed by atoms with Crippen molar-refractivity contribution in [3.8, 4) is 0 Å². The van der Waals surface area contributed by atoms with Crippen LogP contribution in [0.5, 0.6) is 0 Å². The van der Waals surface area contributed by atoms with Crippen molar-refractivity contribution in [2.75, 3.05) is 26.4 Å². The summed E-state index contributed by atoms with van der Waals surface area (Å²) in [7, 11) is -4.63. The van der Waals surface area contributed by atoms with Gasteiger partial charge in [0.15, 0.2) is 6.10 Å². The highest BCUT2D eigenvalue weighted by Gasteiger charge is 2.36. The van der Waals surface area contributed by atoms with Gasteiger partial charge in [0, 0.05) is 12.8 Å². The van der Waals surface area contributed by atoms with Gasteiger partial charge in [0.05, 0.1) is 32.0 Å². The lowest BCUT2D eigenvalue weighted by atomic mass is 10.0. The summed E-state index contributed by atoms with van der Waals surface area (Å²) in [6.45, 7) is 2.27. The van der Waals surface area contributed by atoms with Crippen LogP contribution in [0.4, 0.5) is 0 Å². The van der Waals surface area contributed by atoms with E-state index in [1.807, 2.05) is 6.08 Å². The summed E-state index contributed by atoms with van der Waals surface area (Å²) in [5.74, 6) is -0.994. The average molecular weight is 787 g/mol. The highest BCUT2D eigenvalue weighted by Crippen LogP contribution is 2.43. The predicted molar refractivity (Wildman–Crippen MR) is 214 cm³/mol. The quantitative estimate of drug-likeness (QED) is 0.0180. The monoisotopic (exact) mass is 787 g/mol. The number of rotatable bonds is 38. The number of aliphatic hydroxyl groups excluding tert-OH is 2. The molecule has 1 aliphatic heterocycles.